The Morgan fingerprint density at radius 1 is 1.19 bits per heavy atom. The SMILES string of the molecule is O=C(O)C1CSCN1C(=O)NCCC(=O)N1CCCCC1. The van der Waals surface area contributed by atoms with Gasteiger partial charge < -0.3 is 20.2 Å². The normalized spacial score (nSPS) is 22.2. The average Bonchev–Trinajstić information content (AvgIpc) is 2.97. The van der Waals surface area contributed by atoms with E-state index in [1.54, 1.807) is 0 Å². The summed E-state index contributed by atoms with van der Waals surface area (Å²) in [6, 6.07) is -1.17. The van der Waals surface area contributed by atoms with E-state index in [1.807, 2.05) is 4.90 Å². The number of hydrogen-bond acceptors (Lipinski definition) is 4. The van der Waals surface area contributed by atoms with E-state index in [0.717, 1.165) is 25.9 Å². The minimum Gasteiger partial charge on any atom is -0.480 e. The lowest BCUT2D eigenvalue weighted by molar-refractivity contribution is -0.140. The van der Waals surface area contributed by atoms with Gasteiger partial charge in [-0.05, 0) is 19.3 Å². The highest BCUT2D eigenvalue weighted by Crippen LogP contribution is 2.20. The smallest absolute Gasteiger partial charge is 0.327 e. The first kappa shape index (κ1) is 15.9. The molecule has 7 nitrogen and oxygen atoms in total. The van der Waals surface area contributed by atoms with Gasteiger partial charge in [0.25, 0.3) is 0 Å². The van der Waals surface area contributed by atoms with Crippen molar-refractivity contribution < 1.29 is 19.5 Å². The Hall–Kier alpha value is -1.44. The molecule has 0 aromatic rings. The molecule has 2 aliphatic heterocycles. The number of amides is 3. The Bertz CT molecular complexity index is 412. The van der Waals surface area contributed by atoms with Gasteiger partial charge in [-0.3, -0.25) is 4.79 Å². The Kier molecular flexibility index (Phi) is 5.72. The van der Waals surface area contributed by atoms with Gasteiger partial charge >= 0.3 is 12.0 Å². The van der Waals surface area contributed by atoms with Crippen LogP contribution in [-0.4, -0.2) is 70.1 Å². The molecule has 0 spiro atoms. The summed E-state index contributed by atoms with van der Waals surface area (Å²) >= 11 is 1.42. The topological polar surface area (TPSA) is 90.0 Å². The quantitative estimate of drug-likeness (QED) is 0.791. The molecule has 1 atom stereocenters. The minimum atomic E-state index is -0.987. The van der Waals surface area contributed by atoms with E-state index in [1.165, 1.54) is 23.1 Å². The molecule has 0 aliphatic carbocycles. The first-order valence-corrected chi connectivity index (χ1v) is 8.38. The molecule has 3 amide bonds. The highest BCUT2D eigenvalue weighted by Gasteiger charge is 2.34. The number of likely N-dealkylation sites (tertiary alicyclic amines) is 1. The van der Waals surface area contributed by atoms with Crippen molar-refractivity contribution in [2.45, 2.75) is 31.7 Å². The fourth-order valence-corrected chi connectivity index (χ4v) is 3.67. The number of nitrogens with one attached hydrogen (secondary N) is 1. The molecule has 2 rings (SSSR count). The number of carbonyl (C=O) groups excluding carboxylic acids is 2. The molecule has 2 heterocycles. The molecule has 2 fully saturated rings. The summed E-state index contributed by atoms with van der Waals surface area (Å²) in [7, 11) is 0. The molecular weight excluding hydrogens is 294 g/mol. The van der Waals surface area contributed by atoms with Crippen LogP contribution in [0.4, 0.5) is 4.79 Å². The molecule has 2 saturated heterocycles. The number of aliphatic carboxylic acids is 1. The van der Waals surface area contributed by atoms with Crippen LogP contribution in [0, 0.1) is 0 Å². The lowest BCUT2D eigenvalue weighted by Gasteiger charge is -2.27. The van der Waals surface area contributed by atoms with Gasteiger partial charge in [-0.15, -0.1) is 11.8 Å². The predicted octanol–water partition coefficient (Wildman–Crippen LogP) is 0.558. The maximum atomic E-state index is 11.9. The van der Waals surface area contributed by atoms with Crippen LogP contribution in [0.15, 0.2) is 0 Å². The Labute approximate surface area is 128 Å². The minimum absolute atomic E-state index is 0.0561. The van der Waals surface area contributed by atoms with Crippen LogP contribution < -0.4 is 5.32 Å². The van der Waals surface area contributed by atoms with Gasteiger partial charge in [0.2, 0.25) is 5.91 Å². The van der Waals surface area contributed by atoms with Gasteiger partial charge in [0, 0.05) is 31.8 Å². The number of carbonyl (C=O) groups is 3. The van der Waals surface area contributed by atoms with E-state index in [9.17, 15) is 14.4 Å². The summed E-state index contributed by atoms with van der Waals surface area (Å²) in [4.78, 5) is 38.0. The lowest BCUT2D eigenvalue weighted by atomic mass is 10.1. The fraction of sp³-hybridized carbons (Fsp3) is 0.769. The first-order valence-electron chi connectivity index (χ1n) is 7.22. The maximum Gasteiger partial charge on any atom is 0.327 e. The third-order valence-electron chi connectivity index (χ3n) is 3.75. The van der Waals surface area contributed by atoms with E-state index in [-0.39, 0.29) is 18.9 Å². The first-order chi connectivity index (χ1) is 10.1. The summed E-state index contributed by atoms with van der Waals surface area (Å²) in [5.41, 5.74) is 0. The van der Waals surface area contributed by atoms with Crippen LogP contribution in [0.1, 0.15) is 25.7 Å². The summed E-state index contributed by atoms with van der Waals surface area (Å²) < 4.78 is 0. The largest absolute Gasteiger partial charge is 0.480 e. The zero-order valence-electron chi connectivity index (χ0n) is 11.9. The second-order valence-electron chi connectivity index (χ2n) is 5.25. The molecule has 21 heavy (non-hydrogen) atoms. The van der Waals surface area contributed by atoms with Crippen molar-refractivity contribution in [2.24, 2.45) is 0 Å². The van der Waals surface area contributed by atoms with Crippen molar-refractivity contribution in [2.75, 3.05) is 31.3 Å². The average molecular weight is 315 g/mol. The monoisotopic (exact) mass is 315 g/mol. The fourth-order valence-electron chi connectivity index (χ4n) is 2.53. The number of urea groups is 1. The summed E-state index contributed by atoms with van der Waals surface area (Å²) in [5.74, 6) is -0.140. The van der Waals surface area contributed by atoms with Crippen LogP contribution in [-0.2, 0) is 9.59 Å². The van der Waals surface area contributed by atoms with E-state index in [0.29, 0.717) is 11.6 Å². The number of piperidine rings is 1. The second kappa shape index (κ2) is 7.53. The van der Waals surface area contributed by atoms with E-state index < -0.39 is 18.0 Å². The van der Waals surface area contributed by atoms with Crippen LogP contribution in [0.5, 0.6) is 0 Å². The number of nitrogens with zero attached hydrogens (tertiary/aromatic N) is 2. The molecule has 2 aliphatic rings. The van der Waals surface area contributed by atoms with Gasteiger partial charge in [0.05, 0.1) is 5.88 Å². The summed E-state index contributed by atoms with van der Waals surface area (Å²) in [6.45, 7) is 1.86. The Morgan fingerprint density at radius 2 is 1.90 bits per heavy atom. The number of thioether (sulfide) groups is 1. The van der Waals surface area contributed by atoms with Gasteiger partial charge in [-0.1, -0.05) is 0 Å². The molecule has 8 heteroatoms. The van der Waals surface area contributed by atoms with Crippen LogP contribution in [0.25, 0.3) is 0 Å². The number of carboxylic acid groups (broad SMARTS) is 1. The Morgan fingerprint density at radius 3 is 2.57 bits per heavy atom. The van der Waals surface area contributed by atoms with E-state index in [4.69, 9.17) is 5.11 Å². The number of rotatable bonds is 4. The molecule has 0 bridgehead atoms. The van der Waals surface area contributed by atoms with Crippen LogP contribution in [0.2, 0.25) is 0 Å². The van der Waals surface area contributed by atoms with Crippen molar-refractivity contribution in [3.63, 3.8) is 0 Å². The predicted molar refractivity (Wildman–Crippen MR) is 79.0 cm³/mol. The number of carboxylic acids is 1. The van der Waals surface area contributed by atoms with Crippen molar-refractivity contribution in [3.05, 3.63) is 0 Å². The molecular formula is C13H21N3O4S. The van der Waals surface area contributed by atoms with E-state index >= 15 is 0 Å². The zero-order chi connectivity index (χ0) is 15.2. The zero-order valence-corrected chi connectivity index (χ0v) is 12.7. The molecule has 118 valence electrons. The highest BCUT2D eigenvalue weighted by molar-refractivity contribution is 7.99. The van der Waals surface area contributed by atoms with Gasteiger partial charge in [-0.2, -0.15) is 0 Å². The number of hydrogen-bond donors (Lipinski definition) is 2. The van der Waals surface area contributed by atoms with E-state index in [2.05, 4.69) is 5.32 Å². The Balaban J connectivity index is 1.71. The van der Waals surface area contributed by atoms with Crippen molar-refractivity contribution in [3.8, 4) is 0 Å². The van der Waals surface area contributed by atoms with Crippen molar-refractivity contribution in [1.82, 2.24) is 15.1 Å². The second-order valence-corrected chi connectivity index (χ2v) is 6.25. The van der Waals surface area contributed by atoms with Crippen LogP contribution >= 0.6 is 11.8 Å². The van der Waals surface area contributed by atoms with Gasteiger partial charge in [0.1, 0.15) is 6.04 Å². The molecule has 0 aromatic carbocycles. The molecule has 1 unspecified atom stereocenters. The lowest BCUT2D eigenvalue weighted by Crippen LogP contribution is -2.47. The molecule has 0 aromatic heterocycles. The maximum absolute atomic E-state index is 11.9. The third-order valence-corrected chi connectivity index (χ3v) is 4.76. The summed E-state index contributed by atoms with van der Waals surface area (Å²) in [5, 5.41) is 11.7. The van der Waals surface area contributed by atoms with Crippen molar-refractivity contribution >= 4 is 29.7 Å². The summed E-state index contributed by atoms with van der Waals surface area (Å²) in [6.07, 6.45) is 3.53. The van der Waals surface area contributed by atoms with Gasteiger partial charge in [-0.25, -0.2) is 9.59 Å². The molecule has 0 saturated carbocycles. The van der Waals surface area contributed by atoms with Gasteiger partial charge in [0.15, 0.2) is 0 Å². The highest BCUT2D eigenvalue weighted by atomic mass is 32.2. The third kappa shape index (κ3) is 4.26. The molecule has 2 N–H and O–H groups in total. The molecule has 0 radical (unpaired) electrons. The van der Waals surface area contributed by atoms with Crippen molar-refractivity contribution in [1.29, 1.82) is 0 Å². The standard InChI is InChI=1S/C13H21N3O4S/c17-11(15-6-2-1-3-7-15)4-5-14-13(20)16-9-21-8-10(16)12(18)19/h10H,1-9H2,(H,14,20)(H,18,19). The van der Waals surface area contributed by atoms with Crippen LogP contribution in [0.3, 0.4) is 0 Å².